The summed E-state index contributed by atoms with van der Waals surface area (Å²) >= 11 is 0. The fourth-order valence-corrected chi connectivity index (χ4v) is 2.74. The third-order valence-electron chi connectivity index (χ3n) is 4.29. The number of ether oxygens (including phenoxy) is 3. The van der Waals surface area contributed by atoms with Crippen LogP contribution in [0.4, 0.5) is 0 Å². The highest BCUT2D eigenvalue weighted by Crippen LogP contribution is 2.36. The van der Waals surface area contributed by atoms with Crippen LogP contribution < -0.4 is 9.47 Å². The molecule has 0 unspecified atom stereocenters. The van der Waals surface area contributed by atoms with Crippen molar-refractivity contribution < 1.29 is 24.1 Å². The largest absolute Gasteiger partial charge is 0.507 e. The molecule has 5 heteroatoms. The third kappa shape index (κ3) is 4.94. The van der Waals surface area contributed by atoms with E-state index in [1.807, 2.05) is 50.3 Å². The molecule has 5 nitrogen and oxygen atoms in total. The zero-order valence-electron chi connectivity index (χ0n) is 16.9. The van der Waals surface area contributed by atoms with Crippen molar-refractivity contribution in [3.8, 4) is 17.2 Å². The zero-order valence-corrected chi connectivity index (χ0v) is 16.9. The van der Waals surface area contributed by atoms with Gasteiger partial charge in [0.15, 0.2) is 0 Å². The Balaban J connectivity index is 2.54. The number of phenolic OH excluding ortho intramolecular Hbond substituents is 1. The van der Waals surface area contributed by atoms with E-state index >= 15 is 0 Å². The summed E-state index contributed by atoms with van der Waals surface area (Å²) < 4.78 is 15.5. The van der Waals surface area contributed by atoms with Crippen molar-refractivity contribution in [2.45, 2.75) is 20.3 Å². The molecule has 2 rings (SSSR count). The number of rotatable bonds is 7. The quantitative estimate of drug-likeness (QED) is 0.420. The first-order valence-corrected chi connectivity index (χ1v) is 8.87. The van der Waals surface area contributed by atoms with Crippen LogP contribution >= 0.6 is 0 Å². The van der Waals surface area contributed by atoms with Crippen LogP contribution in [0.1, 0.15) is 40.9 Å². The van der Waals surface area contributed by atoms with E-state index in [0.717, 1.165) is 16.9 Å². The number of methoxy groups -OCH3 is 3. The lowest BCUT2D eigenvalue weighted by molar-refractivity contribution is 0.0597. The highest BCUT2D eigenvalue weighted by molar-refractivity contribution is 5.98. The molecule has 0 aromatic heterocycles. The molecule has 0 spiro atoms. The normalized spacial score (nSPS) is 10.6. The molecule has 0 amide bonds. The van der Waals surface area contributed by atoms with E-state index in [1.165, 1.54) is 14.2 Å². The average Bonchev–Trinajstić information content (AvgIpc) is 2.70. The fraction of sp³-hybridized carbons (Fsp3) is 0.261. The molecule has 1 N–H and O–H groups in total. The summed E-state index contributed by atoms with van der Waals surface area (Å²) in [6.07, 6.45) is 6.01. The Kier molecular flexibility index (Phi) is 7.27. The minimum absolute atomic E-state index is 0.116. The first-order valence-electron chi connectivity index (χ1n) is 8.87. The number of aromatic hydroxyl groups is 1. The van der Waals surface area contributed by atoms with Crippen molar-refractivity contribution in [2.24, 2.45) is 0 Å². The lowest BCUT2D eigenvalue weighted by atomic mass is 9.97. The number of phenols is 1. The number of benzene rings is 2. The topological polar surface area (TPSA) is 65.0 Å². The smallest absolute Gasteiger partial charge is 0.342 e. The Hall–Kier alpha value is -3.21. The van der Waals surface area contributed by atoms with Gasteiger partial charge in [0, 0.05) is 5.56 Å². The summed E-state index contributed by atoms with van der Waals surface area (Å²) in [6, 6.07) is 9.23. The second-order valence-corrected chi connectivity index (χ2v) is 6.45. The van der Waals surface area contributed by atoms with Gasteiger partial charge in [-0.25, -0.2) is 4.79 Å². The van der Waals surface area contributed by atoms with Crippen LogP contribution in [0.25, 0.3) is 12.2 Å². The van der Waals surface area contributed by atoms with Gasteiger partial charge in [-0.1, -0.05) is 35.9 Å². The zero-order chi connectivity index (χ0) is 20.7. The molecule has 0 aliphatic heterocycles. The molecule has 2 aromatic carbocycles. The van der Waals surface area contributed by atoms with E-state index in [9.17, 15) is 9.90 Å². The standard InChI is InChI=1S/C23H26O5/c1-15(2)6-13-19-20(27-4)14-17(21(22(19)24)23(25)28-5)10-7-16-8-11-18(26-3)12-9-16/h6-12,14,24H,13H2,1-5H3/b10-7+. The van der Waals surface area contributed by atoms with Gasteiger partial charge in [0.1, 0.15) is 22.8 Å². The molecule has 28 heavy (non-hydrogen) atoms. The van der Waals surface area contributed by atoms with E-state index in [-0.39, 0.29) is 11.3 Å². The highest BCUT2D eigenvalue weighted by atomic mass is 16.5. The molecule has 0 fully saturated rings. The molecule has 148 valence electrons. The van der Waals surface area contributed by atoms with Crippen LogP contribution in [-0.2, 0) is 11.2 Å². The predicted molar refractivity (Wildman–Crippen MR) is 111 cm³/mol. The summed E-state index contributed by atoms with van der Waals surface area (Å²) in [4.78, 5) is 12.4. The lowest BCUT2D eigenvalue weighted by Gasteiger charge is -2.15. The Morgan fingerprint density at radius 3 is 2.25 bits per heavy atom. The van der Waals surface area contributed by atoms with E-state index in [2.05, 4.69) is 0 Å². The molecular weight excluding hydrogens is 356 g/mol. The molecule has 0 heterocycles. The van der Waals surface area contributed by atoms with Gasteiger partial charge in [-0.05, 0) is 49.6 Å². The third-order valence-corrected chi connectivity index (χ3v) is 4.29. The molecule has 0 aliphatic carbocycles. The van der Waals surface area contributed by atoms with E-state index in [1.54, 1.807) is 19.3 Å². The second kappa shape index (κ2) is 9.65. The number of carbonyl (C=O) groups excluding carboxylic acids is 1. The van der Waals surface area contributed by atoms with Gasteiger partial charge < -0.3 is 19.3 Å². The van der Waals surface area contributed by atoms with Crippen molar-refractivity contribution in [3.63, 3.8) is 0 Å². The van der Waals surface area contributed by atoms with Crippen LogP contribution in [0.3, 0.4) is 0 Å². The number of hydrogen-bond donors (Lipinski definition) is 1. The SMILES string of the molecule is COC(=O)c1c(/C=C/c2ccc(OC)cc2)cc(OC)c(CC=C(C)C)c1O. The number of allylic oxidation sites excluding steroid dienone is 2. The maximum atomic E-state index is 12.4. The van der Waals surface area contributed by atoms with E-state index < -0.39 is 5.97 Å². The monoisotopic (exact) mass is 382 g/mol. The minimum atomic E-state index is -0.604. The van der Waals surface area contributed by atoms with Crippen molar-refractivity contribution in [2.75, 3.05) is 21.3 Å². The summed E-state index contributed by atoms with van der Waals surface area (Å²) in [6.45, 7) is 3.94. The van der Waals surface area contributed by atoms with Gasteiger partial charge in [0.05, 0.1) is 21.3 Å². The molecular formula is C23H26O5. The van der Waals surface area contributed by atoms with Crippen LogP contribution in [0.5, 0.6) is 17.2 Å². The summed E-state index contributed by atoms with van der Waals surface area (Å²) in [5, 5.41) is 10.8. The number of hydrogen-bond acceptors (Lipinski definition) is 5. The predicted octanol–water partition coefficient (Wildman–Crippen LogP) is 4.88. The van der Waals surface area contributed by atoms with Gasteiger partial charge in [0.2, 0.25) is 0 Å². The Morgan fingerprint density at radius 2 is 1.71 bits per heavy atom. The fourth-order valence-electron chi connectivity index (χ4n) is 2.74. The molecule has 0 atom stereocenters. The van der Waals surface area contributed by atoms with Gasteiger partial charge in [0.25, 0.3) is 0 Å². The van der Waals surface area contributed by atoms with E-state index in [4.69, 9.17) is 14.2 Å². The lowest BCUT2D eigenvalue weighted by Crippen LogP contribution is -2.07. The van der Waals surface area contributed by atoms with Crippen LogP contribution in [0.2, 0.25) is 0 Å². The maximum Gasteiger partial charge on any atom is 0.342 e. The number of esters is 1. The van der Waals surface area contributed by atoms with E-state index in [0.29, 0.717) is 23.3 Å². The molecule has 0 bridgehead atoms. The van der Waals surface area contributed by atoms with Gasteiger partial charge in [-0.3, -0.25) is 0 Å². The first-order chi connectivity index (χ1) is 13.4. The summed E-state index contributed by atoms with van der Waals surface area (Å²) in [7, 11) is 4.44. The van der Waals surface area contributed by atoms with Crippen LogP contribution in [-0.4, -0.2) is 32.4 Å². The van der Waals surface area contributed by atoms with Crippen molar-refractivity contribution in [1.82, 2.24) is 0 Å². The van der Waals surface area contributed by atoms with Crippen molar-refractivity contribution in [1.29, 1.82) is 0 Å². The van der Waals surface area contributed by atoms with Gasteiger partial charge >= 0.3 is 5.97 Å². The average molecular weight is 382 g/mol. The Bertz CT molecular complexity index is 888. The van der Waals surface area contributed by atoms with Crippen LogP contribution in [0.15, 0.2) is 42.0 Å². The highest BCUT2D eigenvalue weighted by Gasteiger charge is 2.22. The molecule has 0 aliphatic rings. The first kappa shape index (κ1) is 21.1. The molecule has 0 saturated carbocycles. The van der Waals surface area contributed by atoms with Gasteiger partial charge in [-0.2, -0.15) is 0 Å². The Morgan fingerprint density at radius 1 is 1.04 bits per heavy atom. The van der Waals surface area contributed by atoms with Crippen molar-refractivity contribution in [3.05, 3.63) is 64.2 Å². The molecule has 2 aromatic rings. The Labute approximate surface area is 165 Å². The molecule has 0 saturated heterocycles. The van der Waals surface area contributed by atoms with Crippen LogP contribution in [0, 0.1) is 0 Å². The summed E-state index contributed by atoms with van der Waals surface area (Å²) in [5.41, 5.74) is 3.20. The summed E-state index contributed by atoms with van der Waals surface area (Å²) in [5.74, 6) is 0.540. The van der Waals surface area contributed by atoms with Crippen molar-refractivity contribution >= 4 is 18.1 Å². The maximum absolute atomic E-state index is 12.4. The second-order valence-electron chi connectivity index (χ2n) is 6.45. The minimum Gasteiger partial charge on any atom is -0.507 e. The molecule has 0 radical (unpaired) electrons. The van der Waals surface area contributed by atoms with Gasteiger partial charge in [-0.15, -0.1) is 0 Å². The number of carbonyl (C=O) groups is 1.